The van der Waals surface area contributed by atoms with Crippen molar-refractivity contribution in [3.63, 3.8) is 0 Å². The molecule has 2 aromatic rings. The zero-order chi connectivity index (χ0) is 18.2. The summed E-state index contributed by atoms with van der Waals surface area (Å²) in [5.41, 5.74) is -0.912. The molecule has 0 spiro atoms. The van der Waals surface area contributed by atoms with Crippen molar-refractivity contribution < 1.29 is 23.4 Å². The zero-order valence-corrected chi connectivity index (χ0v) is 14.1. The van der Waals surface area contributed by atoms with Crippen LogP contribution in [-0.4, -0.2) is 29.5 Å². The van der Waals surface area contributed by atoms with E-state index in [1.54, 1.807) is 12.1 Å². The first-order valence-electron chi connectivity index (χ1n) is 7.59. The van der Waals surface area contributed by atoms with Crippen LogP contribution in [0.5, 0.6) is 5.75 Å². The highest BCUT2D eigenvalue weighted by Gasteiger charge is 2.44. The number of hydrogen-bond acceptors (Lipinski definition) is 2. The number of carboxylic acid groups (broad SMARTS) is 1. The van der Waals surface area contributed by atoms with Crippen LogP contribution >= 0.6 is 11.6 Å². The minimum Gasteiger partial charge on any atom is -0.481 e. The summed E-state index contributed by atoms with van der Waals surface area (Å²) < 4.78 is 33.1. The molecule has 1 aliphatic heterocycles. The van der Waals surface area contributed by atoms with E-state index in [1.807, 2.05) is 30.3 Å². The van der Waals surface area contributed by atoms with Crippen molar-refractivity contribution in [3.05, 3.63) is 58.6 Å². The second kappa shape index (κ2) is 6.48. The quantitative estimate of drug-likeness (QED) is 0.836. The van der Waals surface area contributed by atoms with Crippen LogP contribution in [0.4, 0.5) is 8.78 Å². The van der Waals surface area contributed by atoms with Crippen LogP contribution in [0.1, 0.15) is 12.5 Å². The number of carboxylic acids is 1. The molecule has 1 N–H and O–H groups in total. The second-order valence-electron chi connectivity index (χ2n) is 6.05. The molecule has 25 heavy (non-hydrogen) atoms. The van der Waals surface area contributed by atoms with Gasteiger partial charge in [0.15, 0.2) is 11.8 Å². The van der Waals surface area contributed by atoms with Gasteiger partial charge in [-0.1, -0.05) is 41.9 Å². The highest BCUT2D eigenvalue weighted by atomic mass is 35.5. The van der Waals surface area contributed by atoms with Gasteiger partial charge in [-0.05, 0) is 30.7 Å². The minimum atomic E-state index is -2.46. The van der Waals surface area contributed by atoms with E-state index in [4.69, 9.17) is 16.3 Å². The van der Waals surface area contributed by atoms with Crippen molar-refractivity contribution in [2.24, 2.45) is 0 Å². The Balaban J connectivity index is 2.13. The lowest BCUT2D eigenvalue weighted by Gasteiger charge is -2.33. The molecule has 3 nitrogen and oxygen atoms in total. The standard InChI is InChI=1S/C19H15ClF2O3/c1-19(22,10-21)17-14(18(23)24)7-12-8-15(20)13(9-16(12)25-17)11-5-3-2-4-6-11/h2-9,17H,10H2,1H3,(H,23,24). The molecule has 3 rings (SSSR count). The average molecular weight is 365 g/mol. The molecule has 2 aromatic carbocycles. The lowest BCUT2D eigenvalue weighted by Crippen LogP contribution is -2.45. The van der Waals surface area contributed by atoms with Gasteiger partial charge >= 0.3 is 5.97 Å². The molecule has 0 amide bonds. The fourth-order valence-electron chi connectivity index (χ4n) is 2.75. The summed E-state index contributed by atoms with van der Waals surface area (Å²) in [4.78, 5) is 11.4. The van der Waals surface area contributed by atoms with Gasteiger partial charge in [0.25, 0.3) is 0 Å². The maximum absolute atomic E-state index is 14.5. The third-order valence-corrected chi connectivity index (χ3v) is 4.39. The molecule has 2 atom stereocenters. The second-order valence-corrected chi connectivity index (χ2v) is 6.46. The van der Waals surface area contributed by atoms with Crippen LogP contribution in [0.3, 0.4) is 0 Å². The fraction of sp³-hybridized carbons (Fsp3) is 0.211. The molecule has 0 radical (unpaired) electrons. The molecular formula is C19H15ClF2O3. The van der Waals surface area contributed by atoms with Crippen molar-refractivity contribution in [3.8, 4) is 16.9 Å². The number of aliphatic carboxylic acids is 1. The van der Waals surface area contributed by atoms with E-state index in [2.05, 4.69) is 0 Å². The highest BCUT2D eigenvalue weighted by Crippen LogP contribution is 2.41. The predicted molar refractivity (Wildman–Crippen MR) is 92.4 cm³/mol. The Kier molecular flexibility index (Phi) is 4.52. The summed E-state index contributed by atoms with van der Waals surface area (Å²) in [5.74, 6) is -1.10. The summed E-state index contributed by atoms with van der Waals surface area (Å²) in [6.07, 6.45) is -0.271. The average Bonchev–Trinajstić information content (AvgIpc) is 2.60. The van der Waals surface area contributed by atoms with Gasteiger partial charge in [-0.25, -0.2) is 13.6 Å². The molecule has 0 bridgehead atoms. The topological polar surface area (TPSA) is 46.5 Å². The number of benzene rings is 2. The molecule has 1 aliphatic rings. The van der Waals surface area contributed by atoms with Crippen molar-refractivity contribution in [2.75, 3.05) is 6.67 Å². The van der Waals surface area contributed by atoms with Crippen LogP contribution in [0.2, 0.25) is 5.02 Å². The Morgan fingerprint density at radius 1 is 1.32 bits per heavy atom. The van der Waals surface area contributed by atoms with E-state index in [0.717, 1.165) is 12.5 Å². The number of hydrogen-bond donors (Lipinski definition) is 1. The van der Waals surface area contributed by atoms with Gasteiger partial charge in [-0.15, -0.1) is 0 Å². The molecule has 0 saturated carbocycles. The van der Waals surface area contributed by atoms with E-state index >= 15 is 0 Å². The van der Waals surface area contributed by atoms with E-state index in [0.29, 0.717) is 16.1 Å². The SMILES string of the molecule is CC(F)(CF)C1Oc2cc(-c3ccccc3)c(Cl)cc2C=C1C(=O)O. The van der Waals surface area contributed by atoms with E-state index < -0.39 is 24.4 Å². The Hall–Kier alpha value is -2.40. The number of halogens is 3. The molecule has 0 fully saturated rings. The zero-order valence-electron chi connectivity index (χ0n) is 13.3. The normalized spacial score (nSPS) is 18.6. The Bertz CT molecular complexity index is 847. The maximum atomic E-state index is 14.5. The van der Waals surface area contributed by atoms with Gasteiger partial charge in [0.1, 0.15) is 12.4 Å². The number of ether oxygens (including phenoxy) is 1. The van der Waals surface area contributed by atoms with Crippen LogP contribution in [-0.2, 0) is 4.79 Å². The summed E-state index contributed by atoms with van der Waals surface area (Å²) in [6, 6.07) is 12.4. The third-order valence-electron chi connectivity index (χ3n) is 4.08. The molecule has 0 saturated heterocycles. The van der Waals surface area contributed by atoms with E-state index in [9.17, 15) is 18.7 Å². The van der Waals surface area contributed by atoms with Crippen molar-refractivity contribution in [1.29, 1.82) is 0 Å². The summed E-state index contributed by atoms with van der Waals surface area (Å²) >= 11 is 6.31. The van der Waals surface area contributed by atoms with Gasteiger partial charge in [0.2, 0.25) is 0 Å². The minimum absolute atomic E-state index is 0.260. The summed E-state index contributed by atoms with van der Waals surface area (Å²) in [6.45, 7) is -0.385. The first-order valence-corrected chi connectivity index (χ1v) is 7.96. The van der Waals surface area contributed by atoms with Gasteiger partial charge < -0.3 is 9.84 Å². The fourth-order valence-corrected chi connectivity index (χ4v) is 3.03. The smallest absolute Gasteiger partial charge is 0.335 e. The molecule has 6 heteroatoms. The van der Waals surface area contributed by atoms with E-state index in [1.165, 1.54) is 6.08 Å². The van der Waals surface area contributed by atoms with Gasteiger partial charge in [-0.3, -0.25) is 0 Å². The van der Waals surface area contributed by atoms with Crippen LogP contribution in [0.25, 0.3) is 17.2 Å². The van der Waals surface area contributed by atoms with Crippen molar-refractivity contribution >= 4 is 23.6 Å². The van der Waals surface area contributed by atoms with Crippen molar-refractivity contribution in [1.82, 2.24) is 0 Å². The first-order chi connectivity index (χ1) is 11.8. The lowest BCUT2D eigenvalue weighted by molar-refractivity contribution is -0.134. The predicted octanol–water partition coefficient (Wildman–Crippen LogP) is 4.93. The summed E-state index contributed by atoms with van der Waals surface area (Å²) in [7, 11) is 0. The number of fused-ring (bicyclic) bond motifs is 1. The molecule has 2 unspecified atom stereocenters. The van der Waals surface area contributed by atoms with Crippen molar-refractivity contribution in [2.45, 2.75) is 18.7 Å². The number of alkyl halides is 2. The molecular weight excluding hydrogens is 350 g/mol. The number of carbonyl (C=O) groups is 1. The maximum Gasteiger partial charge on any atom is 0.335 e. The largest absolute Gasteiger partial charge is 0.481 e. The van der Waals surface area contributed by atoms with Crippen LogP contribution in [0, 0.1) is 0 Å². The number of rotatable bonds is 4. The lowest BCUT2D eigenvalue weighted by atomic mass is 9.90. The van der Waals surface area contributed by atoms with Gasteiger partial charge in [-0.2, -0.15) is 0 Å². The first kappa shape index (κ1) is 17.4. The highest BCUT2D eigenvalue weighted by molar-refractivity contribution is 6.33. The molecule has 1 heterocycles. The summed E-state index contributed by atoms with van der Waals surface area (Å²) in [5, 5.41) is 9.73. The molecule has 0 aliphatic carbocycles. The third kappa shape index (κ3) is 3.24. The Morgan fingerprint density at radius 3 is 2.60 bits per heavy atom. The Morgan fingerprint density at radius 2 is 2.00 bits per heavy atom. The monoisotopic (exact) mass is 364 g/mol. The van der Waals surface area contributed by atoms with E-state index in [-0.39, 0.29) is 11.3 Å². The molecule has 0 aromatic heterocycles. The van der Waals surface area contributed by atoms with Crippen LogP contribution < -0.4 is 4.74 Å². The van der Waals surface area contributed by atoms with Gasteiger partial charge in [0, 0.05) is 16.1 Å². The Labute approximate surface area is 148 Å². The van der Waals surface area contributed by atoms with Gasteiger partial charge in [0.05, 0.1) is 5.57 Å². The van der Waals surface area contributed by atoms with Crippen LogP contribution in [0.15, 0.2) is 48.0 Å². The molecule has 130 valence electrons.